The van der Waals surface area contributed by atoms with E-state index in [1.54, 1.807) is 18.9 Å². The van der Waals surface area contributed by atoms with Gasteiger partial charge in [-0.1, -0.05) is 12.1 Å². The Hall–Kier alpha value is -3.25. The topological polar surface area (TPSA) is 67.0 Å². The zero-order valence-corrected chi connectivity index (χ0v) is 17.5. The number of anilines is 1. The van der Waals surface area contributed by atoms with Crippen LogP contribution in [0.5, 0.6) is 5.75 Å². The number of benzene rings is 3. The lowest BCUT2D eigenvalue weighted by atomic mass is 10.2. The molecular weight excluding hydrogens is 394 g/mol. The Bertz CT molecular complexity index is 1090. The summed E-state index contributed by atoms with van der Waals surface area (Å²) >= 11 is 1.74. The van der Waals surface area contributed by atoms with Crippen LogP contribution in [0.4, 0.5) is 5.69 Å². The van der Waals surface area contributed by atoms with E-state index in [2.05, 4.69) is 15.3 Å². The molecule has 0 fully saturated rings. The van der Waals surface area contributed by atoms with Gasteiger partial charge in [0.25, 0.3) is 0 Å². The number of methoxy groups -OCH3 is 1. The van der Waals surface area contributed by atoms with Crippen LogP contribution in [-0.2, 0) is 4.79 Å². The summed E-state index contributed by atoms with van der Waals surface area (Å²) in [7, 11) is 1.66. The molecule has 1 amide bonds. The molecule has 0 unspecified atom stereocenters. The van der Waals surface area contributed by atoms with Gasteiger partial charge in [0.2, 0.25) is 5.91 Å². The minimum Gasteiger partial charge on any atom is -0.497 e. The molecule has 0 spiro atoms. The van der Waals surface area contributed by atoms with E-state index in [0.717, 1.165) is 46.0 Å². The van der Waals surface area contributed by atoms with E-state index < -0.39 is 0 Å². The highest BCUT2D eigenvalue weighted by atomic mass is 32.2. The normalized spacial score (nSPS) is 10.8. The lowest BCUT2D eigenvalue weighted by Gasteiger charge is -2.06. The fraction of sp³-hybridized carbons (Fsp3) is 0.167. The van der Waals surface area contributed by atoms with Gasteiger partial charge in [-0.05, 0) is 72.8 Å². The predicted molar refractivity (Wildman–Crippen MR) is 123 cm³/mol. The maximum Gasteiger partial charge on any atom is 0.224 e. The number of para-hydroxylation sites is 2. The summed E-state index contributed by atoms with van der Waals surface area (Å²) in [4.78, 5) is 21.3. The molecule has 30 heavy (non-hydrogen) atoms. The molecule has 0 atom stereocenters. The first kappa shape index (κ1) is 20.0. The van der Waals surface area contributed by atoms with Crippen molar-refractivity contribution in [3.05, 3.63) is 72.8 Å². The molecule has 4 rings (SSSR count). The Morgan fingerprint density at radius 1 is 1.03 bits per heavy atom. The van der Waals surface area contributed by atoms with Crippen LogP contribution in [0.1, 0.15) is 12.8 Å². The number of amides is 1. The quantitative estimate of drug-likeness (QED) is 0.283. The minimum atomic E-state index is 0.0295. The standard InChI is InChI=1S/C24H23N3O2S/c1-29-19-12-14-20(15-13-19)30-16-4-7-23(28)25-18-10-8-17(9-11-18)24-26-21-5-2-3-6-22(21)27-24/h2-3,5-6,8-15H,4,7,16H2,1H3,(H,25,28)(H,26,27). The summed E-state index contributed by atoms with van der Waals surface area (Å²) in [6.07, 6.45) is 1.31. The van der Waals surface area contributed by atoms with E-state index >= 15 is 0 Å². The van der Waals surface area contributed by atoms with Gasteiger partial charge in [-0.15, -0.1) is 11.8 Å². The molecule has 0 aliphatic carbocycles. The van der Waals surface area contributed by atoms with Crippen LogP contribution in [-0.4, -0.2) is 28.7 Å². The van der Waals surface area contributed by atoms with Gasteiger partial charge in [0, 0.05) is 22.6 Å². The number of imidazole rings is 1. The Labute approximate surface area is 179 Å². The van der Waals surface area contributed by atoms with Gasteiger partial charge in [-0.3, -0.25) is 4.79 Å². The molecular formula is C24H23N3O2S. The number of rotatable bonds is 8. The van der Waals surface area contributed by atoms with Crippen molar-refractivity contribution < 1.29 is 9.53 Å². The van der Waals surface area contributed by atoms with Gasteiger partial charge in [0.15, 0.2) is 0 Å². The fourth-order valence-corrected chi connectivity index (χ4v) is 3.97. The SMILES string of the molecule is COc1ccc(SCCCC(=O)Nc2ccc(-c3nc4ccccc4[nH]3)cc2)cc1. The summed E-state index contributed by atoms with van der Waals surface area (Å²) in [6.45, 7) is 0. The van der Waals surface area contributed by atoms with Crippen LogP contribution in [0.2, 0.25) is 0 Å². The summed E-state index contributed by atoms with van der Waals surface area (Å²) < 4.78 is 5.16. The molecule has 152 valence electrons. The third-order valence-corrected chi connectivity index (χ3v) is 5.81. The lowest BCUT2D eigenvalue weighted by molar-refractivity contribution is -0.116. The van der Waals surface area contributed by atoms with Crippen LogP contribution in [0.3, 0.4) is 0 Å². The molecule has 1 aromatic heterocycles. The van der Waals surface area contributed by atoms with Crippen molar-refractivity contribution in [1.82, 2.24) is 9.97 Å². The number of thioether (sulfide) groups is 1. The van der Waals surface area contributed by atoms with Crippen molar-refractivity contribution >= 4 is 34.4 Å². The summed E-state index contributed by atoms with van der Waals surface area (Å²) in [6, 6.07) is 23.7. The van der Waals surface area contributed by atoms with Crippen molar-refractivity contribution in [3.63, 3.8) is 0 Å². The van der Waals surface area contributed by atoms with Crippen molar-refractivity contribution in [2.45, 2.75) is 17.7 Å². The molecule has 6 heteroatoms. The van der Waals surface area contributed by atoms with E-state index in [0.29, 0.717) is 6.42 Å². The summed E-state index contributed by atoms with van der Waals surface area (Å²) in [5.74, 6) is 2.60. The number of hydrogen-bond acceptors (Lipinski definition) is 4. The number of fused-ring (bicyclic) bond motifs is 1. The van der Waals surface area contributed by atoms with Crippen LogP contribution in [0.15, 0.2) is 77.7 Å². The van der Waals surface area contributed by atoms with Crippen molar-refractivity contribution in [3.8, 4) is 17.1 Å². The number of ether oxygens (including phenoxy) is 1. The molecule has 0 radical (unpaired) electrons. The van der Waals surface area contributed by atoms with Crippen molar-refractivity contribution in [2.75, 3.05) is 18.2 Å². The van der Waals surface area contributed by atoms with Crippen LogP contribution in [0.25, 0.3) is 22.4 Å². The highest BCUT2D eigenvalue weighted by Crippen LogP contribution is 2.23. The first-order valence-corrected chi connectivity index (χ1v) is 10.8. The maximum absolute atomic E-state index is 12.2. The molecule has 0 bridgehead atoms. The second-order valence-corrected chi connectivity index (χ2v) is 8.02. The largest absolute Gasteiger partial charge is 0.497 e. The zero-order valence-electron chi connectivity index (χ0n) is 16.7. The first-order valence-electron chi connectivity index (χ1n) is 9.83. The number of carbonyl (C=O) groups is 1. The Kier molecular flexibility index (Phi) is 6.35. The van der Waals surface area contributed by atoms with Crippen LogP contribution >= 0.6 is 11.8 Å². The van der Waals surface area contributed by atoms with Crippen LogP contribution < -0.4 is 10.1 Å². The monoisotopic (exact) mass is 417 g/mol. The number of H-pyrrole nitrogens is 1. The molecule has 5 nitrogen and oxygen atoms in total. The van der Waals surface area contributed by atoms with E-state index in [-0.39, 0.29) is 5.91 Å². The molecule has 2 N–H and O–H groups in total. The number of nitrogens with zero attached hydrogens (tertiary/aromatic N) is 1. The zero-order chi connectivity index (χ0) is 20.8. The van der Waals surface area contributed by atoms with Crippen LogP contribution in [0, 0.1) is 0 Å². The number of carbonyl (C=O) groups excluding carboxylic acids is 1. The number of nitrogens with one attached hydrogen (secondary N) is 2. The van der Waals surface area contributed by atoms with Crippen molar-refractivity contribution in [2.24, 2.45) is 0 Å². The molecule has 0 aliphatic heterocycles. The number of aromatic amines is 1. The molecule has 3 aromatic carbocycles. The smallest absolute Gasteiger partial charge is 0.224 e. The third kappa shape index (κ3) is 5.02. The minimum absolute atomic E-state index is 0.0295. The Morgan fingerprint density at radius 3 is 2.53 bits per heavy atom. The highest BCUT2D eigenvalue weighted by Gasteiger charge is 2.07. The van der Waals surface area contributed by atoms with Gasteiger partial charge < -0.3 is 15.0 Å². The Morgan fingerprint density at radius 2 is 1.80 bits per heavy atom. The summed E-state index contributed by atoms with van der Waals surface area (Å²) in [5, 5.41) is 2.97. The second-order valence-electron chi connectivity index (χ2n) is 6.86. The van der Waals surface area contributed by atoms with E-state index in [1.807, 2.05) is 72.8 Å². The average molecular weight is 418 g/mol. The highest BCUT2D eigenvalue weighted by molar-refractivity contribution is 7.99. The Balaban J connectivity index is 1.25. The van der Waals surface area contributed by atoms with E-state index in [4.69, 9.17) is 4.74 Å². The molecule has 0 saturated carbocycles. The molecule has 4 aromatic rings. The van der Waals surface area contributed by atoms with Gasteiger partial charge in [0.05, 0.1) is 18.1 Å². The molecule has 0 saturated heterocycles. The van der Waals surface area contributed by atoms with Gasteiger partial charge in [0.1, 0.15) is 11.6 Å². The fourth-order valence-electron chi connectivity index (χ4n) is 3.12. The van der Waals surface area contributed by atoms with Gasteiger partial charge in [-0.25, -0.2) is 4.98 Å². The summed E-state index contributed by atoms with van der Waals surface area (Å²) in [5.41, 5.74) is 3.73. The second kappa shape index (κ2) is 9.50. The predicted octanol–water partition coefficient (Wildman–Crippen LogP) is 5.75. The maximum atomic E-state index is 12.2. The molecule has 1 heterocycles. The number of hydrogen-bond donors (Lipinski definition) is 2. The first-order chi connectivity index (χ1) is 14.7. The third-order valence-electron chi connectivity index (χ3n) is 4.71. The molecule has 0 aliphatic rings. The average Bonchev–Trinajstić information content (AvgIpc) is 3.22. The lowest BCUT2D eigenvalue weighted by Crippen LogP contribution is -2.11. The van der Waals surface area contributed by atoms with Gasteiger partial charge >= 0.3 is 0 Å². The van der Waals surface area contributed by atoms with Crippen molar-refractivity contribution in [1.29, 1.82) is 0 Å². The number of aromatic nitrogens is 2. The van der Waals surface area contributed by atoms with E-state index in [1.165, 1.54) is 4.90 Å². The van der Waals surface area contributed by atoms with Gasteiger partial charge in [-0.2, -0.15) is 0 Å². The van der Waals surface area contributed by atoms with E-state index in [9.17, 15) is 4.79 Å².